The van der Waals surface area contributed by atoms with Gasteiger partial charge >= 0.3 is 8.56 Å². The number of rotatable bonds is 25. The fraction of sp³-hybridized carbons (Fsp3) is 0.929. The van der Waals surface area contributed by atoms with E-state index in [2.05, 4.69) is 33.9 Å². The van der Waals surface area contributed by atoms with E-state index in [-0.39, 0.29) is 6.10 Å². The molecule has 0 saturated heterocycles. The Bertz CT molecular complexity index is 374. The normalized spacial score (nSPS) is 14.5. The summed E-state index contributed by atoms with van der Waals surface area (Å²) >= 11 is 0. The lowest BCUT2D eigenvalue weighted by Gasteiger charge is -2.27. The van der Waals surface area contributed by atoms with Crippen LogP contribution in [0, 0.1) is 0 Å². The molecule has 0 heterocycles. The van der Waals surface area contributed by atoms with Gasteiger partial charge in [-0.3, -0.25) is 0 Å². The molecule has 0 fully saturated rings. The maximum absolute atomic E-state index is 6.29. The van der Waals surface area contributed by atoms with Crippen LogP contribution in [0.3, 0.4) is 0 Å². The van der Waals surface area contributed by atoms with E-state index in [9.17, 15) is 0 Å². The molecular formula is C28H58O2Si. The molecule has 0 saturated carbocycles. The predicted molar refractivity (Wildman–Crippen MR) is 142 cm³/mol. The highest BCUT2D eigenvalue weighted by molar-refractivity contribution is 6.71. The second kappa shape index (κ2) is 23.0. The molecule has 2 atom stereocenters. The molecule has 186 valence electrons. The van der Waals surface area contributed by atoms with Gasteiger partial charge in [-0.25, -0.2) is 0 Å². The molecule has 0 N–H and O–H groups in total. The summed E-state index contributed by atoms with van der Waals surface area (Å²) in [6, 6.07) is 0. The molecule has 0 rings (SSSR count). The van der Waals surface area contributed by atoms with Gasteiger partial charge in [-0.2, -0.15) is 0 Å². The Morgan fingerprint density at radius 1 is 0.645 bits per heavy atom. The van der Waals surface area contributed by atoms with Crippen molar-refractivity contribution in [2.45, 2.75) is 162 Å². The summed E-state index contributed by atoms with van der Waals surface area (Å²) in [5.41, 5.74) is 1.96. The van der Waals surface area contributed by atoms with E-state index in [4.69, 9.17) is 8.85 Å². The lowest BCUT2D eigenvalue weighted by Crippen LogP contribution is -2.40. The summed E-state index contributed by atoms with van der Waals surface area (Å²) in [5, 5.41) is 0. The lowest BCUT2D eigenvalue weighted by atomic mass is 10.0. The van der Waals surface area contributed by atoms with Gasteiger partial charge in [-0.1, -0.05) is 129 Å². The van der Waals surface area contributed by atoms with Crippen molar-refractivity contribution in [2.75, 3.05) is 6.61 Å². The molecule has 0 amide bonds. The Morgan fingerprint density at radius 3 is 1.45 bits per heavy atom. The van der Waals surface area contributed by atoms with Gasteiger partial charge in [0.05, 0.1) is 0 Å². The van der Waals surface area contributed by atoms with E-state index >= 15 is 0 Å². The van der Waals surface area contributed by atoms with Crippen molar-refractivity contribution >= 4 is 8.56 Å². The summed E-state index contributed by atoms with van der Waals surface area (Å²) in [6.45, 7) is 13.7. The van der Waals surface area contributed by atoms with Crippen LogP contribution >= 0.6 is 0 Å². The van der Waals surface area contributed by atoms with E-state index in [0.29, 0.717) is 0 Å². The minimum Gasteiger partial charge on any atom is -0.391 e. The van der Waals surface area contributed by atoms with E-state index in [1.807, 2.05) is 5.70 Å². The fourth-order valence-electron chi connectivity index (χ4n) is 4.21. The molecule has 0 aromatic heterocycles. The molecule has 31 heavy (non-hydrogen) atoms. The van der Waals surface area contributed by atoms with Gasteiger partial charge in [0.15, 0.2) is 0 Å². The minimum atomic E-state index is -2.20. The Labute approximate surface area is 198 Å². The summed E-state index contributed by atoms with van der Waals surface area (Å²) < 4.78 is 12.5. The van der Waals surface area contributed by atoms with Crippen molar-refractivity contribution in [2.24, 2.45) is 0 Å². The third-order valence-electron chi connectivity index (χ3n) is 6.41. The summed E-state index contributed by atoms with van der Waals surface area (Å²) in [4.78, 5) is 0. The second-order valence-corrected chi connectivity index (χ2v) is 12.8. The van der Waals surface area contributed by atoms with Gasteiger partial charge in [-0.15, -0.1) is 6.58 Å². The highest BCUT2D eigenvalue weighted by Crippen LogP contribution is 2.17. The molecule has 0 aliphatic heterocycles. The highest BCUT2D eigenvalue weighted by atomic mass is 28.4. The van der Waals surface area contributed by atoms with Crippen LogP contribution in [0.2, 0.25) is 6.55 Å². The SMILES string of the molecule is C=C[Si](C)(OCCCCCCCCCCCCCCCCC)OC(C)CCCCCC. The molecule has 0 aliphatic carbocycles. The van der Waals surface area contributed by atoms with Crippen LogP contribution in [-0.4, -0.2) is 21.3 Å². The van der Waals surface area contributed by atoms with Crippen LogP contribution in [0.25, 0.3) is 0 Å². The van der Waals surface area contributed by atoms with Gasteiger partial charge in [0.1, 0.15) is 0 Å². The van der Waals surface area contributed by atoms with E-state index in [1.54, 1.807) is 0 Å². The van der Waals surface area contributed by atoms with Crippen LogP contribution in [0.15, 0.2) is 12.3 Å². The minimum absolute atomic E-state index is 0.285. The lowest BCUT2D eigenvalue weighted by molar-refractivity contribution is 0.126. The van der Waals surface area contributed by atoms with E-state index in [1.165, 1.54) is 116 Å². The third kappa shape index (κ3) is 21.5. The largest absolute Gasteiger partial charge is 0.391 e. The van der Waals surface area contributed by atoms with Crippen LogP contribution in [-0.2, 0) is 8.85 Å². The summed E-state index contributed by atoms with van der Waals surface area (Å²) in [6.07, 6.45) is 27.6. The van der Waals surface area contributed by atoms with Crippen molar-refractivity contribution in [3.05, 3.63) is 12.3 Å². The van der Waals surface area contributed by atoms with Crippen LogP contribution in [0.4, 0.5) is 0 Å². The maximum atomic E-state index is 6.29. The monoisotopic (exact) mass is 454 g/mol. The second-order valence-electron chi connectivity index (χ2n) is 9.80. The van der Waals surface area contributed by atoms with E-state index < -0.39 is 8.56 Å². The van der Waals surface area contributed by atoms with Gasteiger partial charge < -0.3 is 8.85 Å². The smallest absolute Gasteiger partial charge is 0.361 e. The fourth-order valence-corrected chi connectivity index (χ4v) is 5.95. The molecule has 0 aliphatic rings. The third-order valence-corrected chi connectivity index (χ3v) is 8.80. The molecule has 2 nitrogen and oxygen atoms in total. The van der Waals surface area contributed by atoms with Crippen LogP contribution in [0.5, 0.6) is 0 Å². The molecule has 0 bridgehead atoms. The molecule has 0 radical (unpaired) electrons. The van der Waals surface area contributed by atoms with Gasteiger partial charge in [0, 0.05) is 12.7 Å². The number of unbranched alkanes of at least 4 members (excludes halogenated alkanes) is 17. The zero-order valence-corrected chi connectivity index (χ0v) is 23.0. The number of hydrogen-bond acceptors (Lipinski definition) is 2. The first-order valence-corrected chi connectivity index (χ1v) is 16.4. The molecule has 3 heteroatoms. The van der Waals surface area contributed by atoms with Gasteiger partial charge in [0.25, 0.3) is 0 Å². The first-order valence-electron chi connectivity index (χ1n) is 14.0. The highest BCUT2D eigenvalue weighted by Gasteiger charge is 2.29. The average molecular weight is 455 g/mol. The van der Waals surface area contributed by atoms with Gasteiger partial charge in [0.2, 0.25) is 0 Å². The van der Waals surface area contributed by atoms with Crippen molar-refractivity contribution in [1.29, 1.82) is 0 Å². The predicted octanol–water partition coefficient (Wildman–Crippen LogP) is 10.0. The first kappa shape index (κ1) is 30.9. The van der Waals surface area contributed by atoms with Gasteiger partial charge in [-0.05, 0) is 32.0 Å². The van der Waals surface area contributed by atoms with Crippen molar-refractivity contribution < 1.29 is 8.85 Å². The zero-order valence-electron chi connectivity index (χ0n) is 22.0. The Morgan fingerprint density at radius 2 is 1.03 bits per heavy atom. The summed E-state index contributed by atoms with van der Waals surface area (Å²) in [5.74, 6) is 0. The molecule has 0 aromatic carbocycles. The van der Waals surface area contributed by atoms with Crippen LogP contribution in [0.1, 0.15) is 149 Å². The quantitative estimate of drug-likeness (QED) is 0.101. The first-order chi connectivity index (χ1) is 15.1. The van der Waals surface area contributed by atoms with Crippen molar-refractivity contribution in [3.63, 3.8) is 0 Å². The molecular weight excluding hydrogens is 396 g/mol. The standard InChI is InChI=1S/C28H58O2Si/c1-6-9-11-13-14-15-16-17-18-19-20-21-22-23-25-27-29-31(5,8-3)30-28(4)26-24-12-10-7-2/h8,28H,3,6-7,9-27H2,1-2,4-5H3. The molecule has 0 spiro atoms. The Kier molecular flexibility index (Phi) is 23.0. The molecule has 0 aromatic rings. The Balaban J connectivity index is 3.49. The van der Waals surface area contributed by atoms with Crippen molar-refractivity contribution in [1.82, 2.24) is 0 Å². The molecule has 2 unspecified atom stereocenters. The van der Waals surface area contributed by atoms with Crippen LogP contribution < -0.4 is 0 Å². The Hall–Kier alpha value is -0.123. The zero-order chi connectivity index (χ0) is 23.0. The summed E-state index contributed by atoms with van der Waals surface area (Å²) in [7, 11) is -2.20. The van der Waals surface area contributed by atoms with Crippen molar-refractivity contribution in [3.8, 4) is 0 Å². The topological polar surface area (TPSA) is 18.5 Å². The number of hydrogen-bond donors (Lipinski definition) is 0. The average Bonchev–Trinajstić information content (AvgIpc) is 2.76. The van der Waals surface area contributed by atoms with E-state index in [0.717, 1.165) is 19.4 Å². The maximum Gasteiger partial charge on any atom is 0.361 e.